The molecule has 104 valence electrons. The largest absolute Gasteiger partial charge is 0.326 e. The Bertz CT molecular complexity index is 689. The van der Waals surface area contributed by atoms with Crippen LogP contribution in [-0.4, -0.2) is 32.7 Å². The fourth-order valence-electron chi connectivity index (χ4n) is 1.73. The molecule has 0 aliphatic heterocycles. The first kappa shape index (κ1) is 14.0. The molecule has 0 aliphatic rings. The first-order valence-corrected chi connectivity index (χ1v) is 7.97. The highest BCUT2D eigenvalue weighted by Crippen LogP contribution is 2.15. The zero-order valence-corrected chi connectivity index (χ0v) is 12.4. The van der Waals surface area contributed by atoms with Crippen LogP contribution in [0.3, 0.4) is 0 Å². The van der Waals surface area contributed by atoms with Crippen molar-refractivity contribution in [3.05, 3.63) is 24.2 Å². The average molecular weight is 304 g/mol. The molecule has 2 aromatic heterocycles. The van der Waals surface area contributed by atoms with E-state index in [4.69, 9.17) is 10.7 Å². The van der Waals surface area contributed by atoms with E-state index in [1.165, 1.54) is 12.5 Å². The van der Waals surface area contributed by atoms with Crippen LogP contribution >= 0.6 is 10.7 Å². The van der Waals surface area contributed by atoms with Crippen LogP contribution in [0.4, 0.5) is 0 Å². The summed E-state index contributed by atoms with van der Waals surface area (Å²) in [5, 5.41) is 3.97. The molecule has 0 bridgehead atoms. The lowest BCUT2D eigenvalue weighted by molar-refractivity contribution is 0.494. The Labute approximate surface area is 115 Å². The van der Waals surface area contributed by atoms with Crippen molar-refractivity contribution in [2.45, 2.75) is 38.4 Å². The summed E-state index contributed by atoms with van der Waals surface area (Å²) in [6.07, 6.45) is 2.87. The molecule has 2 heterocycles. The molecule has 0 saturated heterocycles. The van der Waals surface area contributed by atoms with Gasteiger partial charge in [-0.2, -0.15) is 5.10 Å². The molecule has 0 aromatic carbocycles. The Hall–Kier alpha value is -1.41. The monoisotopic (exact) mass is 303 g/mol. The molecule has 9 heteroatoms. The second-order valence-electron chi connectivity index (χ2n) is 4.41. The molecule has 0 N–H and O–H groups in total. The van der Waals surface area contributed by atoms with Gasteiger partial charge in [0.05, 0.1) is 6.54 Å². The van der Waals surface area contributed by atoms with Gasteiger partial charge in [-0.3, -0.25) is 0 Å². The summed E-state index contributed by atoms with van der Waals surface area (Å²) in [6, 6.07) is 0.178. The van der Waals surface area contributed by atoms with Crippen LogP contribution in [0.5, 0.6) is 0 Å². The van der Waals surface area contributed by atoms with Crippen LogP contribution in [0, 0.1) is 6.92 Å². The van der Waals surface area contributed by atoms with Gasteiger partial charge in [-0.15, -0.1) is 0 Å². The smallest absolute Gasteiger partial charge is 0.280 e. The zero-order valence-electron chi connectivity index (χ0n) is 10.8. The van der Waals surface area contributed by atoms with Gasteiger partial charge < -0.3 is 4.57 Å². The molecule has 2 aromatic rings. The van der Waals surface area contributed by atoms with Crippen molar-refractivity contribution in [3.8, 4) is 0 Å². The predicted molar refractivity (Wildman–Crippen MR) is 69.5 cm³/mol. The molecule has 0 saturated carbocycles. The van der Waals surface area contributed by atoms with Crippen LogP contribution in [0.25, 0.3) is 0 Å². The van der Waals surface area contributed by atoms with Gasteiger partial charge in [0.2, 0.25) is 0 Å². The summed E-state index contributed by atoms with van der Waals surface area (Å²) >= 11 is 0. The van der Waals surface area contributed by atoms with E-state index in [1.807, 2.05) is 13.8 Å². The summed E-state index contributed by atoms with van der Waals surface area (Å²) in [4.78, 5) is 8.09. The van der Waals surface area contributed by atoms with E-state index in [2.05, 4.69) is 15.1 Å². The zero-order chi connectivity index (χ0) is 14.2. The third-order valence-electron chi connectivity index (χ3n) is 2.65. The number of hydrogen-bond donors (Lipinski definition) is 0. The third-order valence-corrected chi connectivity index (χ3v) is 3.82. The number of rotatable bonds is 4. The standard InChI is InChI=1S/C10H14ClN5O2S/c1-7(2)16-9(12-6-13-16)4-15-5-10(14-8(15)3)19(11,17)18/h5-7H,4H2,1-3H3. The number of hydrogen-bond acceptors (Lipinski definition) is 5. The van der Waals surface area contributed by atoms with Crippen molar-refractivity contribution < 1.29 is 8.42 Å². The molecule has 2 rings (SSSR count). The Morgan fingerprint density at radius 1 is 1.42 bits per heavy atom. The van der Waals surface area contributed by atoms with Gasteiger partial charge in [-0.05, 0) is 20.8 Å². The fraction of sp³-hybridized carbons (Fsp3) is 0.500. The second-order valence-corrected chi connectivity index (χ2v) is 6.92. The van der Waals surface area contributed by atoms with Gasteiger partial charge in [0.1, 0.15) is 18.0 Å². The first-order valence-electron chi connectivity index (χ1n) is 5.66. The number of aryl methyl sites for hydroxylation is 1. The van der Waals surface area contributed by atoms with Gasteiger partial charge in [-0.25, -0.2) is 23.1 Å². The Morgan fingerprint density at radius 3 is 2.63 bits per heavy atom. The summed E-state index contributed by atoms with van der Waals surface area (Å²) in [6.45, 7) is 6.09. The number of aromatic nitrogens is 5. The Balaban J connectivity index is 2.34. The van der Waals surface area contributed by atoms with Gasteiger partial charge in [-0.1, -0.05) is 0 Å². The topological polar surface area (TPSA) is 82.7 Å². The van der Waals surface area contributed by atoms with Crippen LogP contribution in [0.2, 0.25) is 0 Å². The highest BCUT2D eigenvalue weighted by Gasteiger charge is 2.17. The van der Waals surface area contributed by atoms with Crippen molar-refractivity contribution in [1.29, 1.82) is 0 Å². The van der Waals surface area contributed by atoms with Crippen molar-refractivity contribution in [2.75, 3.05) is 0 Å². The number of imidazole rings is 1. The molecule has 0 atom stereocenters. The van der Waals surface area contributed by atoms with E-state index in [-0.39, 0.29) is 11.1 Å². The summed E-state index contributed by atoms with van der Waals surface area (Å²) in [5.74, 6) is 1.28. The summed E-state index contributed by atoms with van der Waals surface area (Å²) < 4.78 is 25.9. The van der Waals surface area contributed by atoms with E-state index < -0.39 is 9.05 Å². The van der Waals surface area contributed by atoms with Gasteiger partial charge in [0.15, 0.2) is 5.03 Å². The van der Waals surface area contributed by atoms with Gasteiger partial charge >= 0.3 is 0 Å². The van der Waals surface area contributed by atoms with Crippen LogP contribution in [0.1, 0.15) is 31.5 Å². The fourth-order valence-corrected chi connectivity index (χ4v) is 2.45. The second kappa shape index (κ2) is 4.93. The van der Waals surface area contributed by atoms with Crippen LogP contribution in [0.15, 0.2) is 17.6 Å². The maximum atomic E-state index is 11.2. The summed E-state index contributed by atoms with van der Waals surface area (Å²) in [5.41, 5.74) is 0. The summed E-state index contributed by atoms with van der Waals surface area (Å²) in [7, 11) is 1.46. The minimum atomic E-state index is -3.81. The van der Waals surface area contributed by atoms with E-state index in [0.29, 0.717) is 12.4 Å². The lowest BCUT2D eigenvalue weighted by Crippen LogP contribution is -2.12. The predicted octanol–water partition coefficient (Wildman–Crippen LogP) is 1.34. The molecule has 0 aliphatic carbocycles. The van der Waals surface area contributed by atoms with Gasteiger partial charge in [0.25, 0.3) is 9.05 Å². The first-order chi connectivity index (χ1) is 8.79. The maximum absolute atomic E-state index is 11.2. The van der Waals surface area contributed by atoms with Crippen molar-refractivity contribution in [2.24, 2.45) is 0 Å². The molecular weight excluding hydrogens is 290 g/mol. The van der Waals surface area contributed by atoms with Crippen molar-refractivity contribution >= 4 is 19.7 Å². The normalized spacial score (nSPS) is 12.3. The average Bonchev–Trinajstić information content (AvgIpc) is 2.86. The van der Waals surface area contributed by atoms with Gasteiger partial charge in [0, 0.05) is 22.9 Å². The SMILES string of the molecule is Cc1nc(S(=O)(=O)Cl)cn1Cc1ncnn1C(C)C. The van der Waals surface area contributed by atoms with Crippen LogP contribution in [-0.2, 0) is 15.6 Å². The molecule has 0 amide bonds. The van der Waals surface area contributed by atoms with Crippen molar-refractivity contribution in [1.82, 2.24) is 24.3 Å². The highest BCUT2D eigenvalue weighted by molar-refractivity contribution is 8.13. The molecule has 7 nitrogen and oxygen atoms in total. The Kier molecular flexibility index (Phi) is 3.64. The Morgan fingerprint density at radius 2 is 2.11 bits per heavy atom. The van der Waals surface area contributed by atoms with Crippen LogP contribution < -0.4 is 0 Å². The van der Waals surface area contributed by atoms with E-state index in [1.54, 1.807) is 16.2 Å². The third kappa shape index (κ3) is 2.95. The quantitative estimate of drug-likeness (QED) is 0.796. The molecule has 0 radical (unpaired) electrons. The molecule has 0 unspecified atom stereocenters. The van der Waals surface area contributed by atoms with E-state index >= 15 is 0 Å². The molecule has 19 heavy (non-hydrogen) atoms. The number of nitrogens with zero attached hydrogens (tertiary/aromatic N) is 5. The van der Waals surface area contributed by atoms with Crippen molar-refractivity contribution in [3.63, 3.8) is 0 Å². The molecule has 0 fully saturated rings. The van der Waals surface area contributed by atoms with E-state index in [9.17, 15) is 8.42 Å². The molecule has 0 spiro atoms. The minimum Gasteiger partial charge on any atom is -0.326 e. The maximum Gasteiger partial charge on any atom is 0.280 e. The lowest BCUT2D eigenvalue weighted by atomic mass is 10.4. The highest BCUT2D eigenvalue weighted by atomic mass is 35.7. The van der Waals surface area contributed by atoms with E-state index in [0.717, 1.165) is 5.82 Å². The number of halogens is 1. The molecular formula is C10H14ClN5O2S. The lowest BCUT2D eigenvalue weighted by Gasteiger charge is -2.10. The minimum absolute atomic E-state index is 0.151.